The number of amides is 1. The Morgan fingerprint density at radius 2 is 1.94 bits per heavy atom. The first-order valence-electron chi connectivity index (χ1n) is 5.83. The first-order chi connectivity index (χ1) is 8.61. The third kappa shape index (κ3) is 5.68. The molecular formula is C13H16ClNO3. The van der Waals surface area contributed by atoms with Gasteiger partial charge in [-0.1, -0.05) is 24.9 Å². The van der Waals surface area contributed by atoms with Crippen LogP contribution in [0.3, 0.4) is 0 Å². The lowest BCUT2D eigenvalue weighted by molar-refractivity contribution is -0.147. The number of hydrogen-bond acceptors (Lipinski definition) is 3. The molecular weight excluding hydrogens is 254 g/mol. The molecule has 4 nitrogen and oxygen atoms in total. The van der Waals surface area contributed by atoms with Gasteiger partial charge in [-0.2, -0.15) is 0 Å². The maximum atomic E-state index is 11.5. The molecule has 0 spiro atoms. The average Bonchev–Trinajstić information content (AvgIpc) is 2.36. The summed E-state index contributed by atoms with van der Waals surface area (Å²) in [5, 5.41) is 3.20. The summed E-state index contributed by atoms with van der Waals surface area (Å²) >= 11 is 5.72. The summed E-state index contributed by atoms with van der Waals surface area (Å²) in [7, 11) is 0. The topological polar surface area (TPSA) is 55.4 Å². The number of carbonyl (C=O) groups is 2. The Kier molecular flexibility index (Phi) is 6.22. The van der Waals surface area contributed by atoms with Crippen LogP contribution in [0, 0.1) is 0 Å². The van der Waals surface area contributed by atoms with Crippen LogP contribution in [0.15, 0.2) is 24.3 Å². The van der Waals surface area contributed by atoms with Crippen LogP contribution in [0.1, 0.15) is 26.2 Å². The maximum absolute atomic E-state index is 11.5. The van der Waals surface area contributed by atoms with Crippen molar-refractivity contribution in [2.24, 2.45) is 0 Å². The van der Waals surface area contributed by atoms with Crippen molar-refractivity contribution in [3.8, 4) is 0 Å². The van der Waals surface area contributed by atoms with Gasteiger partial charge in [0.1, 0.15) is 0 Å². The Hall–Kier alpha value is -1.55. The highest BCUT2D eigenvalue weighted by Gasteiger charge is 2.07. The van der Waals surface area contributed by atoms with E-state index < -0.39 is 0 Å². The molecule has 5 heteroatoms. The van der Waals surface area contributed by atoms with Crippen molar-refractivity contribution >= 4 is 29.2 Å². The molecule has 0 aliphatic rings. The SMILES string of the molecule is CCCCC(=O)OCC(=O)Nc1ccc(Cl)cc1. The van der Waals surface area contributed by atoms with Crippen molar-refractivity contribution < 1.29 is 14.3 Å². The van der Waals surface area contributed by atoms with Gasteiger partial charge in [-0.05, 0) is 30.7 Å². The summed E-state index contributed by atoms with van der Waals surface area (Å²) in [6.07, 6.45) is 2.05. The van der Waals surface area contributed by atoms with Crippen molar-refractivity contribution in [3.05, 3.63) is 29.3 Å². The number of esters is 1. The van der Waals surface area contributed by atoms with Crippen LogP contribution in [-0.2, 0) is 14.3 Å². The highest BCUT2D eigenvalue weighted by atomic mass is 35.5. The molecule has 1 aromatic rings. The summed E-state index contributed by atoms with van der Waals surface area (Å²) < 4.78 is 4.82. The summed E-state index contributed by atoms with van der Waals surface area (Å²) in [5.74, 6) is -0.703. The fourth-order valence-electron chi connectivity index (χ4n) is 1.27. The van der Waals surface area contributed by atoms with Crippen LogP contribution < -0.4 is 5.32 Å². The molecule has 18 heavy (non-hydrogen) atoms. The van der Waals surface area contributed by atoms with Crippen LogP contribution in [0.2, 0.25) is 5.02 Å². The average molecular weight is 270 g/mol. The van der Waals surface area contributed by atoms with Gasteiger partial charge in [0.25, 0.3) is 5.91 Å². The number of carbonyl (C=O) groups excluding carboxylic acids is 2. The largest absolute Gasteiger partial charge is 0.456 e. The van der Waals surface area contributed by atoms with E-state index in [0.29, 0.717) is 17.1 Å². The van der Waals surface area contributed by atoms with Crippen molar-refractivity contribution in [1.82, 2.24) is 0 Å². The second kappa shape index (κ2) is 7.71. The van der Waals surface area contributed by atoms with Crippen molar-refractivity contribution in [2.75, 3.05) is 11.9 Å². The normalized spacial score (nSPS) is 9.89. The van der Waals surface area contributed by atoms with E-state index in [1.165, 1.54) is 0 Å². The first kappa shape index (κ1) is 14.5. The van der Waals surface area contributed by atoms with Crippen LogP contribution in [-0.4, -0.2) is 18.5 Å². The van der Waals surface area contributed by atoms with Gasteiger partial charge in [-0.3, -0.25) is 9.59 Å². The first-order valence-corrected chi connectivity index (χ1v) is 6.20. The standard InChI is InChI=1S/C13H16ClNO3/c1-2-3-4-13(17)18-9-12(16)15-11-7-5-10(14)6-8-11/h5-8H,2-4,9H2,1H3,(H,15,16). The zero-order valence-electron chi connectivity index (χ0n) is 10.2. The van der Waals surface area contributed by atoms with Gasteiger partial charge in [0.05, 0.1) is 0 Å². The van der Waals surface area contributed by atoms with Crippen LogP contribution in [0.4, 0.5) is 5.69 Å². The van der Waals surface area contributed by atoms with Crippen LogP contribution >= 0.6 is 11.6 Å². The lowest BCUT2D eigenvalue weighted by Gasteiger charge is -2.06. The maximum Gasteiger partial charge on any atom is 0.306 e. The molecule has 0 fully saturated rings. The molecule has 0 atom stereocenters. The summed E-state index contributed by atoms with van der Waals surface area (Å²) in [5.41, 5.74) is 0.619. The number of benzene rings is 1. The van der Waals surface area contributed by atoms with Gasteiger partial charge in [0.2, 0.25) is 0 Å². The Bertz CT molecular complexity index is 403. The summed E-state index contributed by atoms with van der Waals surface area (Å²) in [6, 6.07) is 6.70. The molecule has 0 aromatic heterocycles. The highest BCUT2D eigenvalue weighted by molar-refractivity contribution is 6.30. The van der Waals surface area contributed by atoms with Crippen LogP contribution in [0.25, 0.3) is 0 Å². The van der Waals surface area contributed by atoms with Crippen molar-refractivity contribution in [2.45, 2.75) is 26.2 Å². The number of hydrogen-bond donors (Lipinski definition) is 1. The van der Waals surface area contributed by atoms with Gasteiger partial charge in [-0.25, -0.2) is 0 Å². The molecule has 0 saturated carbocycles. The molecule has 0 unspecified atom stereocenters. The lowest BCUT2D eigenvalue weighted by Crippen LogP contribution is -2.20. The zero-order valence-corrected chi connectivity index (χ0v) is 11.0. The monoisotopic (exact) mass is 269 g/mol. The number of unbranched alkanes of at least 4 members (excludes halogenated alkanes) is 1. The molecule has 0 aliphatic carbocycles. The van der Waals surface area contributed by atoms with E-state index in [1.54, 1.807) is 24.3 Å². The second-order valence-corrected chi connectivity index (χ2v) is 4.26. The minimum absolute atomic E-state index is 0.259. The number of rotatable bonds is 6. The molecule has 1 N–H and O–H groups in total. The minimum atomic E-state index is -0.359. The minimum Gasteiger partial charge on any atom is -0.456 e. The van der Waals surface area contributed by atoms with E-state index in [0.717, 1.165) is 12.8 Å². The molecule has 0 aliphatic heterocycles. The molecule has 98 valence electrons. The molecule has 0 heterocycles. The van der Waals surface area contributed by atoms with Crippen LogP contribution in [0.5, 0.6) is 0 Å². The van der Waals surface area contributed by atoms with Crippen molar-refractivity contribution in [3.63, 3.8) is 0 Å². The quantitative estimate of drug-likeness (QED) is 0.808. The van der Waals surface area contributed by atoms with Gasteiger partial charge in [-0.15, -0.1) is 0 Å². The third-order valence-corrected chi connectivity index (χ3v) is 2.48. The van der Waals surface area contributed by atoms with E-state index in [2.05, 4.69) is 5.32 Å². The van der Waals surface area contributed by atoms with E-state index in [-0.39, 0.29) is 18.5 Å². The molecule has 0 bridgehead atoms. The van der Waals surface area contributed by atoms with Gasteiger partial charge >= 0.3 is 5.97 Å². The molecule has 1 amide bonds. The predicted molar refractivity (Wildman–Crippen MR) is 70.6 cm³/mol. The van der Waals surface area contributed by atoms with Gasteiger partial charge < -0.3 is 10.1 Å². The Balaban J connectivity index is 2.29. The molecule has 0 radical (unpaired) electrons. The number of ether oxygens (including phenoxy) is 1. The van der Waals surface area contributed by atoms with Gasteiger partial charge in [0, 0.05) is 17.1 Å². The smallest absolute Gasteiger partial charge is 0.306 e. The highest BCUT2D eigenvalue weighted by Crippen LogP contribution is 2.13. The molecule has 1 aromatic carbocycles. The third-order valence-electron chi connectivity index (χ3n) is 2.23. The molecule has 1 rings (SSSR count). The van der Waals surface area contributed by atoms with E-state index >= 15 is 0 Å². The number of anilines is 1. The summed E-state index contributed by atoms with van der Waals surface area (Å²) in [4.78, 5) is 22.6. The Morgan fingerprint density at radius 3 is 2.56 bits per heavy atom. The fourth-order valence-corrected chi connectivity index (χ4v) is 1.40. The predicted octanol–water partition coefficient (Wildman–Crippen LogP) is 3.01. The summed E-state index contributed by atoms with van der Waals surface area (Å²) in [6.45, 7) is 1.73. The second-order valence-electron chi connectivity index (χ2n) is 3.82. The van der Waals surface area contributed by atoms with Crippen molar-refractivity contribution in [1.29, 1.82) is 0 Å². The lowest BCUT2D eigenvalue weighted by atomic mass is 10.2. The number of halogens is 1. The number of nitrogens with one attached hydrogen (secondary N) is 1. The van der Waals surface area contributed by atoms with E-state index in [4.69, 9.17) is 16.3 Å². The fraction of sp³-hybridized carbons (Fsp3) is 0.385. The Labute approximate surface area is 111 Å². The van der Waals surface area contributed by atoms with E-state index in [1.807, 2.05) is 6.92 Å². The Morgan fingerprint density at radius 1 is 1.28 bits per heavy atom. The van der Waals surface area contributed by atoms with Gasteiger partial charge in [0.15, 0.2) is 6.61 Å². The van der Waals surface area contributed by atoms with E-state index in [9.17, 15) is 9.59 Å². The zero-order chi connectivity index (χ0) is 13.4. The molecule has 0 saturated heterocycles.